The second-order valence-electron chi connectivity index (χ2n) is 6.45. The van der Waals surface area contributed by atoms with Crippen molar-refractivity contribution in [3.05, 3.63) is 58.9 Å². The van der Waals surface area contributed by atoms with Gasteiger partial charge >= 0.3 is 5.97 Å². The van der Waals surface area contributed by atoms with Crippen LogP contribution in [-0.4, -0.2) is 40.4 Å². The number of hydrogen-bond acceptors (Lipinski definition) is 6. The molecule has 0 N–H and O–H groups in total. The van der Waals surface area contributed by atoms with Crippen LogP contribution in [0.2, 0.25) is 0 Å². The summed E-state index contributed by atoms with van der Waals surface area (Å²) in [5.41, 5.74) is 1.63. The van der Waals surface area contributed by atoms with Crippen LogP contribution in [0.1, 0.15) is 51.2 Å². The maximum absolute atomic E-state index is 13.1. The van der Waals surface area contributed by atoms with Crippen LogP contribution in [-0.2, 0) is 4.74 Å². The lowest BCUT2D eigenvalue weighted by Gasteiger charge is -2.34. The minimum atomic E-state index is -0.466. The van der Waals surface area contributed by atoms with Crippen LogP contribution in [0.5, 0.6) is 0 Å². The topological polar surface area (TPSA) is 72.4 Å². The van der Waals surface area contributed by atoms with Crippen molar-refractivity contribution in [3.8, 4) is 0 Å². The Labute approximate surface area is 160 Å². The number of likely N-dealkylation sites (tertiary alicyclic amines) is 1. The van der Waals surface area contributed by atoms with Crippen molar-refractivity contribution in [1.82, 2.24) is 14.9 Å². The number of esters is 1. The number of piperidine rings is 1. The Kier molecular flexibility index (Phi) is 4.85. The van der Waals surface area contributed by atoms with Gasteiger partial charge in [0.1, 0.15) is 10.7 Å². The third-order valence-corrected chi connectivity index (χ3v) is 5.90. The zero-order valence-electron chi connectivity index (χ0n) is 14.9. The fraction of sp³-hybridized carbons (Fsp3) is 0.300. The van der Waals surface area contributed by atoms with E-state index in [2.05, 4.69) is 15.8 Å². The number of amides is 1. The van der Waals surface area contributed by atoms with Gasteiger partial charge in [-0.1, -0.05) is 12.1 Å². The molecule has 1 atom stereocenters. The maximum Gasteiger partial charge on any atom is 0.339 e. The van der Waals surface area contributed by atoms with E-state index in [4.69, 9.17) is 4.98 Å². The van der Waals surface area contributed by atoms with E-state index in [0.29, 0.717) is 17.8 Å². The van der Waals surface area contributed by atoms with Crippen molar-refractivity contribution < 1.29 is 14.3 Å². The van der Waals surface area contributed by atoms with Crippen molar-refractivity contribution in [2.45, 2.75) is 25.3 Å². The van der Waals surface area contributed by atoms with Gasteiger partial charge in [-0.05, 0) is 43.5 Å². The summed E-state index contributed by atoms with van der Waals surface area (Å²) in [6, 6.07) is 11.1. The molecule has 1 aromatic carbocycles. The van der Waals surface area contributed by atoms with Crippen LogP contribution < -0.4 is 0 Å². The third kappa shape index (κ3) is 3.42. The smallest absolute Gasteiger partial charge is 0.339 e. The number of aromatic nitrogens is 2. The summed E-state index contributed by atoms with van der Waals surface area (Å²) in [5.74, 6) is -0.595. The Morgan fingerprint density at radius 2 is 2.04 bits per heavy atom. The molecule has 2 aromatic heterocycles. The molecule has 1 aliphatic heterocycles. The molecule has 27 heavy (non-hydrogen) atoms. The summed E-state index contributed by atoms with van der Waals surface area (Å²) >= 11 is 1.64. The molecule has 0 aliphatic carbocycles. The number of hydrogen-bond donors (Lipinski definition) is 0. The van der Waals surface area contributed by atoms with Crippen molar-refractivity contribution in [3.63, 3.8) is 0 Å². The third-order valence-electron chi connectivity index (χ3n) is 4.76. The first-order valence-corrected chi connectivity index (χ1v) is 9.70. The van der Waals surface area contributed by atoms with Gasteiger partial charge in [0.2, 0.25) is 0 Å². The fourth-order valence-corrected chi connectivity index (χ4v) is 4.49. The number of nitrogens with zero attached hydrogens (tertiary/aromatic N) is 3. The number of carbonyl (C=O) groups excluding carboxylic acids is 2. The van der Waals surface area contributed by atoms with E-state index in [9.17, 15) is 9.59 Å². The first-order chi connectivity index (χ1) is 13.2. The molecule has 6 nitrogen and oxygen atoms in total. The van der Waals surface area contributed by atoms with E-state index in [1.165, 1.54) is 13.3 Å². The minimum Gasteiger partial charge on any atom is -0.465 e. The SMILES string of the molecule is COC(=O)c1ccc(C(=O)N2CCCCC2c2nc3ccccc3s2)nc1. The molecule has 138 valence electrons. The van der Waals surface area contributed by atoms with Crippen LogP contribution in [0.4, 0.5) is 0 Å². The lowest BCUT2D eigenvalue weighted by molar-refractivity contribution is 0.0588. The lowest BCUT2D eigenvalue weighted by atomic mass is 10.0. The standard InChI is InChI=1S/C20H19N3O3S/c1-26-20(25)13-9-10-15(21-12-13)19(24)23-11-5-4-7-16(23)18-22-14-6-2-3-8-17(14)27-18/h2-3,6,8-10,12,16H,4-5,7,11H2,1H3. The summed E-state index contributed by atoms with van der Waals surface area (Å²) in [6.07, 6.45) is 4.31. The molecule has 1 saturated heterocycles. The van der Waals surface area contributed by atoms with Crippen LogP contribution in [0.3, 0.4) is 0 Å². The summed E-state index contributed by atoms with van der Waals surface area (Å²) in [5, 5.41) is 0.968. The van der Waals surface area contributed by atoms with Crippen LogP contribution in [0, 0.1) is 0 Å². The quantitative estimate of drug-likeness (QED) is 0.645. The Bertz CT molecular complexity index is 951. The summed E-state index contributed by atoms with van der Waals surface area (Å²) < 4.78 is 5.81. The Morgan fingerprint density at radius 1 is 1.19 bits per heavy atom. The van der Waals surface area contributed by atoms with Gasteiger partial charge < -0.3 is 9.64 Å². The highest BCUT2D eigenvalue weighted by atomic mass is 32.1. The Morgan fingerprint density at radius 3 is 2.78 bits per heavy atom. The number of rotatable bonds is 3. The fourth-order valence-electron chi connectivity index (χ4n) is 3.37. The number of ether oxygens (including phenoxy) is 1. The molecule has 0 spiro atoms. The van der Waals surface area contributed by atoms with Crippen molar-refractivity contribution in [2.24, 2.45) is 0 Å². The number of thiazole rings is 1. The molecule has 3 heterocycles. The zero-order valence-corrected chi connectivity index (χ0v) is 15.7. The average molecular weight is 381 g/mol. The molecule has 1 aliphatic rings. The van der Waals surface area contributed by atoms with Crippen LogP contribution in [0.25, 0.3) is 10.2 Å². The second-order valence-corrected chi connectivity index (χ2v) is 7.52. The predicted octanol–water partition coefficient (Wildman–Crippen LogP) is 3.85. The molecular formula is C20H19N3O3S. The van der Waals surface area contributed by atoms with Crippen molar-refractivity contribution in [1.29, 1.82) is 0 Å². The zero-order chi connectivity index (χ0) is 18.8. The maximum atomic E-state index is 13.1. The number of para-hydroxylation sites is 1. The molecule has 0 saturated carbocycles. The van der Waals surface area contributed by atoms with Gasteiger partial charge in [-0.25, -0.2) is 9.78 Å². The molecule has 1 unspecified atom stereocenters. The minimum absolute atomic E-state index is 0.0364. The molecule has 4 rings (SSSR count). The highest BCUT2D eigenvalue weighted by molar-refractivity contribution is 7.18. The Hall–Kier alpha value is -2.80. The van der Waals surface area contributed by atoms with E-state index < -0.39 is 5.97 Å². The largest absolute Gasteiger partial charge is 0.465 e. The van der Waals surface area contributed by atoms with E-state index in [1.54, 1.807) is 23.5 Å². The van der Waals surface area contributed by atoms with Crippen molar-refractivity contribution >= 4 is 33.4 Å². The number of benzene rings is 1. The van der Waals surface area contributed by atoms with Crippen molar-refractivity contribution in [2.75, 3.05) is 13.7 Å². The van der Waals surface area contributed by atoms with Gasteiger partial charge in [-0.15, -0.1) is 11.3 Å². The first-order valence-electron chi connectivity index (χ1n) is 8.88. The number of fused-ring (bicyclic) bond motifs is 1. The molecular weight excluding hydrogens is 362 g/mol. The predicted molar refractivity (Wildman–Crippen MR) is 103 cm³/mol. The molecule has 0 radical (unpaired) electrons. The highest BCUT2D eigenvalue weighted by Crippen LogP contribution is 2.36. The van der Waals surface area contributed by atoms with Gasteiger partial charge in [-0.3, -0.25) is 9.78 Å². The first kappa shape index (κ1) is 17.6. The summed E-state index contributed by atoms with van der Waals surface area (Å²) in [4.78, 5) is 35.4. The van der Waals surface area contributed by atoms with E-state index in [0.717, 1.165) is 34.5 Å². The second kappa shape index (κ2) is 7.44. The monoisotopic (exact) mass is 381 g/mol. The average Bonchev–Trinajstić information content (AvgIpc) is 3.17. The molecule has 1 fully saturated rings. The van der Waals surface area contributed by atoms with Crippen LogP contribution in [0.15, 0.2) is 42.6 Å². The van der Waals surface area contributed by atoms with Gasteiger partial charge in [-0.2, -0.15) is 0 Å². The van der Waals surface area contributed by atoms with Gasteiger partial charge in [0.25, 0.3) is 5.91 Å². The van der Waals surface area contributed by atoms with Crippen LogP contribution >= 0.6 is 11.3 Å². The van der Waals surface area contributed by atoms with Gasteiger partial charge in [0.15, 0.2) is 0 Å². The van der Waals surface area contributed by atoms with E-state index in [1.807, 2.05) is 23.1 Å². The Balaban J connectivity index is 1.61. The number of methoxy groups -OCH3 is 1. The van der Waals surface area contributed by atoms with Gasteiger partial charge in [0.05, 0.1) is 28.9 Å². The van der Waals surface area contributed by atoms with E-state index >= 15 is 0 Å². The summed E-state index contributed by atoms with van der Waals surface area (Å²) in [6.45, 7) is 0.680. The lowest BCUT2D eigenvalue weighted by Crippen LogP contribution is -2.38. The normalized spacial score (nSPS) is 17.1. The van der Waals surface area contributed by atoms with E-state index in [-0.39, 0.29) is 11.9 Å². The molecule has 3 aromatic rings. The molecule has 0 bridgehead atoms. The molecule has 7 heteroatoms. The number of pyridine rings is 1. The highest BCUT2D eigenvalue weighted by Gasteiger charge is 2.31. The molecule has 1 amide bonds. The summed E-state index contributed by atoms with van der Waals surface area (Å²) in [7, 11) is 1.32. The number of carbonyl (C=O) groups is 2. The van der Waals surface area contributed by atoms with Gasteiger partial charge in [0, 0.05) is 12.7 Å².